The fraction of sp³-hybridized carbons (Fsp3) is 1.00. The van der Waals surface area contributed by atoms with E-state index in [-0.39, 0.29) is 0 Å². The van der Waals surface area contributed by atoms with Gasteiger partial charge in [0.1, 0.15) is 0 Å². The van der Waals surface area contributed by atoms with Gasteiger partial charge in [-0.15, -0.1) is 0 Å². The average molecular weight is 144 g/mol. The molecular weight excluding hydrogens is 128 g/mol. The molecule has 0 spiro atoms. The summed E-state index contributed by atoms with van der Waals surface area (Å²) in [5, 5.41) is 0. The fourth-order valence-electron chi connectivity index (χ4n) is 1.13. The Balaban J connectivity index is 1.92. The van der Waals surface area contributed by atoms with Crippen LogP contribution in [0.2, 0.25) is 0 Å². The van der Waals surface area contributed by atoms with Crippen LogP contribution in [0.15, 0.2) is 0 Å². The number of rotatable bonds is 4. The van der Waals surface area contributed by atoms with Crippen LogP contribution in [-0.4, -0.2) is 5.75 Å². The molecule has 0 heterocycles. The molecule has 0 aliphatic heterocycles. The summed E-state index contributed by atoms with van der Waals surface area (Å²) in [6.45, 7) is 2.39. The van der Waals surface area contributed by atoms with Crippen molar-refractivity contribution in [1.82, 2.24) is 0 Å². The van der Waals surface area contributed by atoms with Gasteiger partial charge in [-0.1, -0.05) is 13.3 Å². The molecule has 0 aromatic heterocycles. The summed E-state index contributed by atoms with van der Waals surface area (Å²) in [5.41, 5.74) is 0.767. The summed E-state index contributed by atoms with van der Waals surface area (Å²) in [6.07, 6.45) is 7.07. The van der Waals surface area contributed by atoms with E-state index < -0.39 is 0 Å². The van der Waals surface area contributed by atoms with Gasteiger partial charge in [-0.3, -0.25) is 0 Å². The maximum atomic E-state index is 4.17. The third-order valence-electron chi connectivity index (χ3n) is 2.29. The second-order valence-electron chi connectivity index (χ2n) is 3.49. The summed E-state index contributed by atoms with van der Waals surface area (Å²) in [6, 6.07) is 0. The predicted molar refractivity (Wildman–Crippen MR) is 45.0 cm³/mol. The number of hydrogen-bond acceptors (Lipinski definition) is 1. The maximum Gasteiger partial charge on any atom is -0.00979 e. The van der Waals surface area contributed by atoms with Crippen molar-refractivity contribution in [3.63, 3.8) is 0 Å². The minimum atomic E-state index is 0.767. The Morgan fingerprint density at radius 1 is 1.33 bits per heavy atom. The highest BCUT2D eigenvalue weighted by Crippen LogP contribution is 2.49. The van der Waals surface area contributed by atoms with Crippen molar-refractivity contribution in [3.8, 4) is 0 Å². The van der Waals surface area contributed by atoms with Crippen molar-refractivity contribution in [2.45, 2.75) is 39.0 Å². The Morgan fingerprint density at radius 3 is 2.44 bits per heavy atom. The van der Waals surface area contributed by atoms with Gasteiger partial charge in [-0.05, 0) is 36.9 Å². The third-order valence-corrected chi connectivity index (χ3v) is 2.61. The van der Waals surface area contributed by atoms with Crippen molar-refractivity contribution >= 4 is 12.6 Å². The van der Waals surface area contributed by atoms with Crippen molar-refractivity contribution in [2.24, 2.45) is 5.41 Å². The molecule has 9 heavy (non-hydrogen) atoms. The van der Waals surface area contributed by atoms with Gasteiger partial charge in [0.15, 0.2) is 0 Å². The summed E-state index contributed by atoms with van der Waals surface area (Å²) >= 11 is 4.17. The largest absolute Gasteiger partial charge is 0.179 e. The van der Waals surface area contributed by atoms with Crippen LogP contribution in [0.3, 0.4) is 0 Å². The first kappa shape index (κ1) is 7.46. The van der Waals surface area contributed by atoms with Crippen molar-refractivity contribution in [2.75, 3.05) is 5.75 Å². The van der Waals surface area contributed by atoms with Gasteiger partial charge in [0.05, 0.1) is 0 Å². The lowest BCUT2D eigenvalue weighted by Crippen LogP contribution is -1.91. The highest BCUT2D eigenvalue weighted by atomic mass is 32.1. The van der Waals surface area contributed by atoms with Crippen molar-refractivity contribution in [3.05, 3.63) is 0 Å². The SMILES string of the molecule is CC1(CCCCS)CC1. The quantitative estimate of drug-likeness (QED) is 0.455. The summed E-state index contributed by atoms with van der Waals surface area (Å²) in [7, 11) is 0. The fourth-order valence-corrected chi connectivity index (χ4v) is 1.35. The van der Waals surface area contributed by atoms with Gasteiger partial charge in [-0.25, -0.2) is 0 Å². The molecule has 1 aliphatic carbocycles. The van der Waals surface area contributed by atoms with Crippen LogP contribution < -0.4 is 0 Å². The van der Waals surface area contributed by atoms with Gasteiger partial charge in [-0.2, -0.15) is 12.6 Å². The lowest BCUT2D eigenvalue weighted by atomic mass is 10.0. The molecule has 0 radical (unpaired) electrons. The molecule has 0 saturated heterocycles. The molecule has 0 amide bonds. The Morgan fingerprint density at radius 2 is 2.00 bits per heavy atom. The van der Waals surface area contributed by atoms with E-state index in [1.54, 1.807) is 0 Å². The van der Waals surface area contributed by atoms with Crippen LogP contribution >= 0.6 is 12.6 Å². The van der Waals surface area contributed by atoms with Crippen LogP contribution in [0.4, 0.5) is 0 Å². The second-order valence-corrected chi connectivity index (χ2v) is 3.94. The molecule has 54 valence electrons. The number of thiol groups is 1. The van der Waals surface area contributed by atoms with Gasteiger partial charge >= 0.3 is 0 Å². The Hall–Kier alpha value is 0.350. The second kappa shape index (κ2) is 2.96. The minimum absolute atomic E-state index is 0.767. The van der Waals surface area contributed by atoms with E-state index >= 15 is 0 Å². The van der Waals surface area contributed by atoms with Gasteiger partial charge in [0.2, 0.25) is 0 Å². The van der Waals surface area contributed by atoms with Gasteiger partial charge in [0, 0.05) is 0 Å². The van der Waals surface area contributed by atoms with E-state index in [9.17, 15) is 0 Å². The standard InChI is InChI=1S/C8H16S/c1-8(5-6-8)4-2-3-7-9/h9H,2-7H2,1H3. The lowest BCUT2D eigenvalue weighted by Gasteiger charge is -2.04. The third kappa shape index (κ3) is 2.61. The number of unbranched alkanes of at least 4 members (excludes halogenated alkanes) is 1. The number of hydrogen-bond donors (Lipinski definition) is 1. The molecular formula is C8H16S. The molecule has 1 aliphatic rings. The molecule has 0 nitrogen and oxygen atoms in total. The Labute approximate surface area is 63.4 Å². The summed E-state index contributed by atoms with van der Waals surface area (Å²) in [5.74, 6) is 1.07. The van der Waals surface area contributed by atoms with E-state index in [0.29, 0.717) is 0 Å². The first-order chi connectivity index (χ1) is 4.27. The highest BCUT2D eigenvalue weighted by molar-refractivity contribution is 7.80. The lowest BCUT2D eigenvalue weighted by molar-refractivity contribution is 0.492. The summed E-state index contributed by atoms with van der Waals surface area (Å²) < 4.78 is 0. The molecule has 0 aromatic rings. The topological polar surface area (TPSA) is 0 Å². The molecule has 0 N–H and O–H groups in total. The summed E-state index contributed by atoms with van der Waals surface area (Å²) in [4.78, 5) is 0. The Bertz CT molecular complexity index is 84.6. The molecule has 1 rings (SSSR count). The zero-order chi connectivity index (χ0) is 6.74. The first-order valence-electron chi connectivity index (χ1n) is 3.88. The van der Waals surface area contributed by atoms with Crippen LogP contribution in [0, 0.1) is 5.41 Å². The van der Waals surface area contributed by atoms with E-state index in [2.05, 4.69) is 19.6 Å². The minimum Gasteiger partial charge on any atom is -0.179 e. The van der Waals surface area contributed by atoms with E-state index in [1.807, 2.05) is 0 Å². The zero-order valence-electron chi connectivity index (χ0n) is 6.19. The molecule has 0 unspecified atom stereocenters. The van der Waals surface area contributed by atoms with Crippen molar-refractivity contribution in [1.29, 1.82) is 0 Å². The normalized spacial score (nSPS) is 22.0. The highest BCUT2D eigenvalue weighted by Gasteiger charge is 2.35. The molecule has 0 aromatic carbocycles. The van der Waals surface area contributed by atoms with Gasteiger partial charge in [0.25, 0.3) is 0 Å². The van der Waals surface area contributed by atoms with Crippen LogP contribution in [0.5, 0.6) is 0 Å². The van der Waals surface area contributed by atoms with Crippen LogP contribution in [0.25, 0.3) is 0 Å². The maximum absolute atomic E-state index is 4.17. The molecule has 1 heteroatoms. The van der Waals surface area contributed by atoms with E-state index in [0.717, 1.165) is 11.2 Å². The van der Waals surface area contributed by atoms with Crippen LogP contribution in [-0.2, 0) is 0 Å². The molecule has 0 bridgehead atoms. The zero-order valence-corrected chi connectivity index (χ0v) is 7.08. The molecule has 1 saturated carbocycles. The van der Waals surface area contributed by atoms with Crippen LogP contribution in [0.1, 0.15) is 39.0 Å². The molecule has 1 fully saturated rings. The monoisotopic (exact) mass is 144 g/mol. The first-order valence-corrected chi connectivity index (χ1v) is 4.51. The van der Waals surface area contributed by atoms with Crippen molar-refractivity contribution < 1.29 is 0 Å². The molecule has 0 atom stereocenters. The van der Waals surface area contributed by atoms with E-state index in [4.69, 9.17) is 0 Å². The average Bonchev–Trinajstić information content (AvgIpc) is 2.50. The van der Waals surface area contributed by atoms with Gasteiger partial charge < -0.3 is 0 Å². The smallest absolute Gasteiger partial charge is 0.00979 e. The Kier molecular flexibility index (Phi) is 2.45. The van der Waals surface area contributed by atoms with E-state index in [1.165, 1.54) is 32.1 Å². The predicted octanol–water partition coefficient (Wildman–Crippen LogP) is 2.89.